The molecule has 0 radical (unpaired) electrons. The predicted octanol–water partition coefficient (Wildman–Crippen LogP) is 1.89. The Kier molecular flexibility index (Phi) is 2.78. The van der Waals surface area contributed by atoms with Crippen LogP contribution < -0.4 is 4.73 Å². The maximum Gasteiger partial charge on any atom is 0.335 e. The first-order chi connectivity index (χ1) is 8.09. The lowest BCUT2D eigenvalue weighted by atomic mass is 10.0. The second-order valence-electron chi connectivity index (χ2n) is 3.77. The van der Waals surface area contributed by atoms with E-state index in [4.69, 9.17) is 5.11 Å². The second-order valence-corrected chi connectivity index (χ2v) is 3.77. The van der Waals surface area contributed by atoms with Gasteiger partial charge in [0.2, 0.25) is 6.20 Å². The zero-order chi connectivity index (χ0) is 12.4. The Hall–Kier alpha value is -2.36. The largest absolute Gasteiger partial charge is 0.478 e. The molecule has 4 nitrogen and oxygen atoms in total. The number of hydrogen-bond donors (Lipinski definition) is 2. The Bertz CT molecular complexity index is 558. The third-order valence-corrected chi connectivity index (χ3v) is 2.56. The van der Waals surface area contributed by atoms with E-state index in [0.717, 1.165) is 10.3 Å². The highest BCUT2D eigenvalue weighted by Gasteiger charge is 2.17. The fourth-order valence-corrected chi connectivity index (χ4v) is 1.76. The van der Waals surface area contributed by atoms with Gasteiger partial charge in [-0.2, -0.15) is 0 Å². The van der Waals surface area contributed by atoms with Crippen LogP contribution >= 0.6 is 0 Å². The Labute approximate surface area is 98.4 Å². The van der Waals surface area contributed by atoms with Gasteiger partial charge in [-0.25, -0.2) is 4.79 Å². The fraction of sp³-hybridized carbons (Fsp3) is 0.0769. The van der Waals surface area contributed by atoms with E-state index in [0.29, 0.717) is 11.3 Å². The van der Waals surface area contributed by atoms with Gasteiger partial charge in [0.1, 0.15) is 0 Å². The van der Waals surface area contributed by atoms with Crippen molar-refractivity contribution in [3.63, 3.8) is 0 Å². The summed E-state index contributed by atoms with van der Waals surface area (Å²) in [6.45, 7) is 1.86. The van der Waals surface area contributed by atoms with E-state index in [1.54, 1.807) is 18.2 Å². The van der Waals surface area contributed by atoms with Gasteiger partial charge in [-0.05, 0) is 31.2 Å². The molecule has 17 heavy (non-hydrogen) atoms. The van der Waals surface area contributed by atoms with Gasteiger partial charge in [0, 0.05) is 16.4 Å². The summed E-state index contributed by atoms with van der Waals surface area (Å²) in [5.41, 5.74) is 2.34. The zero-order valence-corrected chi connectivity index (χ0v) is 9.29. The van der Waals surface area contributed by atoms with E-state index in [1.165, 1.54) is 18.3 Å². The third-order valence-electron chi connectivity index (χ3n) is 2.56. The number of aromatic carboxylic acids is 1. The average molecular weight is 230 g/mol. The van der Waals surface area contributed by atoms with Crippen molar-refractivity contribution < 1.29 is 19.8 Å². The van der Waals surface area contributed by atoms with Crippen molar-refractivity contribution in [1.82, 2.24) is 0 Å². The minimum absolute atomic E-state index is 0.200. The molecule has 0 aliphatic rings. The van der Waals surface area contributed by atoms with Crippen molar-refractivity contribution >= 4 is 5.97 Å². The van der Waals surface area contributed by atoms with E-state index in [1.807, 2.05) is 13.0 Å². The van der Waals surface area contributed by atoms with Crippen molar-refractivity contribution in [2.45, 2.75) is 6.92 Å². The number of aryl methyl sites for hydroxylation is 1. The number of aromatic nitrogens is 1. The van der Waals surface area contributed by atoms with Crippen LogP contribution in [-0.2, 0) is 0 Å². The van der Waals surface area contributed by atoms with Crippen LogP contribution in [0, 0.1) is 6.92 Å². The minimum atomic E-state index is -0.982. The van der Waals surface area contributed by atoms with E-state index < -0.39 is 5.97 Å². The molecule has 1 aromatic carbocycles. The van der Waals surface area contributed by atoms with Crippen molar-refractivity contribution in [3.8, 4) is 11.3 Å². The average Bonchev–Trinajstić information content (AvgIpc) is 2.29. The molecule has 86 valence electrons. The van der Waals surface area contributed by atoms with Crippen molar-refractivity contribution in [1.29, 1.82) is 0 Å². The summed E-state index contributed by atoms with van der Waals surface area (Å²) in [5, 5.41) is 18.7. The number of hydrogen-bond acceptors (Lipinski definition) is 2. The van der Waals surface area contributed by atoms with Gasteiger partial charge in [0.05, 0.1) is 11.1 Å². The molecular formula is C13H12NO3+. The first-order valence-corrected chi connectivity index (χ1v) is 5.14. The van der Waals surface area contributed by atoms with Crippen LogP contribution in [0.2, 0.25) is 0 Å². The highest BCUT2D eigenvalue weighted by atomic mass is 16.5. The van der Waals surface area contributed by atoms with Crippen LogP contribution in [0.15, 0.2) is 42.6 Å². The summed E-state index contributed by atoms with van der Waals surface area (Å²) < 4.78 is 0.996. The molecule has 1 aromatic heterocycles. The lowest BCUT2D eigenvalue weighted by Crippen LogP contribution is -2.32. The van der Waals surface area contributed by atoms with Crippen LogP contribution in [0.1, 0.15) is 15.9 Å². The van der Waals surface area contributed by atoms with Crippen molar-refractivity contribution in [3.05, 3.63) is 53.7 Å². The molecule has 0 fully saturated rings. The summed E-state index contributed by atoms with van der Waals surface area (Å²) in [4.78, 5) is 10.9. The van der Waals surface area contributed by atoms with Crippen molar-refractivity contribution in [2.24, 2.45) is 0 Å². The summed E-state index contributed by atoms with van der Waals surface area (Å²) in [7, 11) is 0. The first kappa shape index (κ1) is 11.1. The van der Waals surface area contributed by atoms with E-state index in [9.17, 15) is 10.0 Å². The maximum absolute atomic E-state index is 10.9. The summed E-state index contributed by atoms with van der Waals surface area (Å²) in [6, 6.07) is 10.1. The second kappa shape index (κ2) is 4.25. The SMILES string of the molecule is Cc1ccc[n+](O)c1-c1cccc(C(=O)O)c1. The Morgan fingerprint density at radius 1 is 1.24 bits per heavy atom. The van der Waals surface area contributed by atoms with Gasteiger partial charge in [-0.3, -0.25) is 5.21 Å². The van der Waals surface area contributed by atoms with Crippen LogP contribution in [-0.4, -0.2) is 16.3 Å². The Morgan fingerprint density at radius 2 is 2.00 bits per heavy atom. The van der Waals surface area contributed by atoms with Crippen LogP contribution in [0.5, 0.6) is 0 Å². The zero-order valence-electron chi connectivity index (χ0n) is 9.29. The molecule has 0 aliphatic heterocycles. The molecule has 2 N–H and O–H groups in total. The number of nitrogens with zero attached hydrogens (tertiary/aromatic N) is 1. The normalized spacial score (nSPS) is 10.2. The molecule has 0 amide bonds. The lowest BCUT2D eigenvalue weighted by Gasteiger charge is -2.02. The van der Waals surface area contributed by atoms with Crippen molar-refractivity contribution in [2.75, 3.05) is 0 Å². The molecule has 0 spiro atoms. The minimum Gasteiger partial charge on any atom is -0.478 e. The van der Waals surface area contributed by atoms with Gasteiger partial charge in [0.25, 0.3) is 5.69 Å². The fourth-order valence-electron chi connectivity index (χ4n) is 1.76. The number of carbonyl (C=O) groups is 1. The molecule has 0 atom stereocenters. The van der Waals surface area contributed by atoms with E-state index in [2.05, 4.69) is 0 Å². The van der Waals surface area contributed by atoms with E-state index in [-0.39, 0.29) is 5.56 Å². The molecule has 0 saturated carbocycles. The number of rotatable bonds is 2. The topological polar surface area (TPSA) is 61.4 Å². The summed E-state index contributed by atoms with van der Waals surface area (Å²) in [5.74, 6) is -0.982. The molecular weight excluding hydrogens is 218 g/mol. The first-order valence-electron chi connectivity index (χ1n) is 5.14. The van der Waals surface area contributed by atoms with Gasteiger partial charge in [-0.1, -0.05) is 6.07 Å². The monoisotopic (exact) mass is 230 g/mol. The highest BCUT2D eigenvalue weighted by Crippen LogP contribution is 2.20. The van der Waals surface area contributed by atoms with Crippen LogP contribution in [0.3, 0.4) is 0 Å². The van der Waals surface area contributed by atoms with Gasteiger partial charge >= 0.3 is 5.97 Å². The molecule has 4 heteroatoms. The molecule has 0 bridgehead atoms. The summed E-state index contributed by atoms with van der Waals surface area (Å²) >= 11 is 0. The molecule has 2 aromatic rings. The lowest BCUT2D eigenvalue weighted by molar-refractivity contribution is -0.896. The standard InChI is InChI=1S/C13H11NO3/c1-9-4-3-7-14(17)12(9)10-5-2-6-11(8-10)13(15)16/h2-8H,1H3,(H-,15,16,17)/p+1. The molecule has 1 heterocycles. The van der Waals surface area contributed by atoms with Gasteiger partial charge in [-0.15, -0.1) is 0 Å². The number of carboxylic acid groups (broad SMARTS) is 1. The number of pyridine rings is 1. The van der Waals surface area contributed by atoms with Gasteiger partial charge in [0.15, 0.2) is 0 Å². The molecule has 0 aliphatic carbocycles. The number of carboxylic acids is 1. The Morgan fingerprint density at radius 3 is 2.65 bits per heavy atom. The Balaban J connectivity index is 2.61. The van der Waals surface area contributed by atoms with Gasteiger partial charge < -0.3 is 5.11 Å². The van der Waals surface area contributed by atoms with Crippen LogP contribution in [0.25, 0.3) is 11.3 Å². The molecule has 0 saturated heterocycles. The quantitative estimate of drug-likeness (QED) is 0.611. The maximum atomic E-state index is 10.9. The smallest absolute Gasteiger partial charge is 0.335 e. The predicted molar refractivity (Wildman–Crippen MR) is 61.0 cm³/mol. The van der Waals surface area contributed by atoms with E-state index >= 15 is 0 Å². The third kappa shape index (κ3) is 2.10. The highest BCUT2D eigenvalue weighted by molar-refractivity contribution is 5.89. The summed E-state index contributed by atoms with van der Waals surface area (Å²) in [6.07, 6.45) is 1.51. The molecule has 2 rings (SSSR count). The van der Waals surface area contributed by atoms with Crippen LogP contribution in [0.4, 0.5) is 0 Å². The molecule has 0 unspecified atom stereocenters. The number of benzene rings is 1.